The van der Waals surface area contributed by atoms with Crippen molar-refractivity contribution in [2.24, 2.45) is 0 Å². The molecule has 0 saturated heterocycles. The molecule has 8 nitrogen and oxygen atoms in total. The molecule has 4 aromatic carbocycles. The van der Waals surface area contributed by atoms with Crippen LogP contribution < -0.4 is 14.8 Å². The SMILES string of the molecule is Cc1ccc(NS(=O)(=O)c2cc(C(=O)Nc3ccc(S(=O)(=O)Nc4ccc(F)cc4)cc3)ccc2C)c(C)c1. The molecule has 1 amide bonds. The fraction of sp³-hybridized carbons (Fsp3) is 0.107. The lowest BCUT2D eigenvalue weighted by Gasteiger charge is -2.14. The van der Waals surface area contributed by atoms with Gasteiger partial charge in [-0.2, -0.15) is 0 Å². The zero-order valence-electron chi connectivity index (χ0n) is 21.3. The molecule has 4 aromatic rings. The number of carbonyl (C=O) groups is 1. The van der Waals surface area contributed by atoms with Gasteiger partial charge < -0.3 is 5.32 Å². The molecule has 0 radical (unpaired) electrons. The predicted octanol–water partition coefficient (Wildman–Crippen LogP) is 5.60. The van der Waals surface area contributed by atoms with Gasteiger partial charge in [-0.1, -0.05) is 23.8 Å². The van der Waals surface area contributed by atoms with E-state index in [4.69, 9.17) is 0 Å². The van der Waals surface area contributed by atoms with Crippen LogP contribution in [0.2, 0.25) is 0 Å². The highest BCUT2D eigenvalue weighted by atomic mass is 32.2. The molecule has 11 heteroatoms. The number of anilines is 3. The van der Waals surface area contributed by atoms with Gasteiger partial charge in [-0.15, -0.1) is 0 Å². The van der Waals surface area contributed by atoms with Crippen molar-refractivity contribution in [3.63, 3.8) is 0 Å². The molecule has 39 heavy (non-hydrogen) atoms. The van der Waals surface area contributed by atoms with E-state index in [9.17, 15) is 26.0 Å². The Hall–Kier alpha value is -4.22. The normalized spacial score (nSPS) is 11.6. The first-order chi connectivity index (χ1) is 18.3. The number of halogens is 1. The van der Waals surface area contributed by atoms with Crippen LogP contribution in [0.5, 0.6) is 0 Å². The summed E-state index contributed by atoms with van der Waals surface area (Å²) in [6, 6.07) is 20.0. The second-order valence-electron chi connectivity index (χ2n) is 9.00. The highest BCUT2D eigenvalue weighted by Crippen LogP contribution is 2.25. The second-order valence-corrected chi connectivity index (χ2v) is 12.3. The summed E-state index contributed by atoms with van der Waals surface area (Å²) in [5, 5.41) is 2.64. The van der Waals surface area contributed by atoms with Crippen molar-refractivity contribution < 1.29 is 26.0 Å². The van der Waals surface area contributed by atoms with Gasteiger partial charge in [0.1, 0.15) is 5.82 Å². The Kier molecular flexibility index (Phi) is 7.75. The number of hydrogen-bond donors (Lipinski definition) is 3. The average Bonchev–Trinajstić information content (AvgIpc) is 2.87. The Bertz CT molecular complexity index is 1750. The second kappa shape index (κ2) is 10.9. The van der Waals surface area contributed by atoms with Crippen molar-refractivity contribution in [2.75, 3.05) is 14.8 Å². The van der Waals surface area contributed by atoms with Gasteiger partial charge in [-0.05, 0) is 98.6 Å². The van der Waals surface area contributed by atoms with E-state index < -0.39 is 31.8 Å². The number of nitrogens with one attached hydrogen (secondary N) is 3. The van der Waals surface area contributed by atoms with Crippen LogP contribution in [0.15, 0.2) is 94.7 Å². The monoisotopic (exact) mass is 567 g/mol. The number of hydrogen-bond acceptors (Lipinski definition) is 5. The first-order valence-electron chi connectivity index (χ1n) is 11.7. The molecular weight excluding hydrogens is 541 g/mol. The van der Waals surface area contributed by atoms with Crippen LogP contribution in [0.3, 0.4) is 0 Å². The van der Waals surface area contributed by atoms with Gasteiger partial charge in [0.2, 0.25) is 0 Å². The maximum absolute atomic E-state index is 13.1. The summed E-state index contributed by atoms with van der Waals surface area (Å²) >= 11 is 0. The molecule has 3 N–H and O–H groups in total. The molecule has 0 saturated carbocycles. The lowest BCUT2D eigenvalue weighted by atomic mass is 10.1. The van der Waals surface area contributed by atoms with E-state index in [1.165, 1.54) is 48.5 Å². The van der Waals surface area contributed by atoms with Crippen LogP contribution in [0.25, 0.3) is 0 Å². The average molecular weight is 568 g/mol. The Morgan fingerprint density at radius 2 is 1.31 bits per heavy atom. The van der Waals surface area contributed by atoms with Crippen LogP contribution in [0.4, 0.5) is 21.5 Å². The molecule has 0 unspecified atom stereocenters. The van der Waals surface area contributed by atoms with Crippen molar-refractivity contribution in [3.05, 3.63) is 113 Å². The summed E-state index contributed by atoms with van der Waals surface area (Å²) in [5.41, 5.74) is 3.29. The minimum Gasteiger partial charge on any atom is -0.322 e. The van der Waals surface area contributed by atoms with Crippen LogP contribution in [-0.4, -0.2) is 22.7 Å². The fourth-order valence-electron chi connectivity index (χ4n) is 3.81. The molecule has 0 bridgehead atoms. The highest BCUT2D eigenvalue weighted by molar-refractivity contribution is 7.93. The molecule has 0 aliphatic heterocycles. The fourth-order valence-corrected chi connectivity index (χ4v) is 6.27. The number of rotatable bonds is 8. The van der Waals surface area contributed by atoms with E-state index in [2.05, 4.69) is 14.8 Å². The zero-order valence-corrected chi connectivity index (χ0v) is 23.0. The molecule has 0 aliphatic carbocycles. The number of sulfonamides is 2. The number of aryl methyl sites for hydroxylation is 3. The van der Waals surface area contributed by atoms with Crippen LogP contribution in [0, 0.1) is 26.6 Å². The first-order valence-corrected chi connectivity index (χ1v) is 14.7. The van der Waals surface area contributed by atoms with Crippen LogP contribution in [0.1, 0.15) is 27.0 Å². The topological polar surface area (TPSA) is 121 Å². The Morgan fingerprint density at radius 3 is 1.95 bits per heavy atom. The predicted molar refractivity (Wildman–Crippen MR) is 150 cm³/mol. The summed E-state index contributed by atoms with van der Waals surface area (Å²) in [4.78, 5) is 12.8. The smallest absolute Gasteiger partial charge is 0.262 e. The summed E-state index contributed by atoms with van der Waals surface area (Å²) in [7, 11) is -7.92. The standard InChI is InChI=1S/C28H26FN3O5S2/c1-18-4-15-26(20(3)16-18)32-39(36,37)27-17-21(6-5-19(27)2)28(33)30-23-11-13-25(14-12-23)38(34,35)31-24-9-7-22(29)8-10-24/h4-17,31-32H,1-3H3,(H,30,33). The minimum absolute atomic E-state index is 0.0385. The lowest BCUT2D eigenvalue weighted by Crippen LogP contribution is -2.17. The Balaban J connectivity index is 1.50. The zero-order chi connectivity index (χ0) is 28.4. The summed E-state index contributed by atoms with van der Waals surface area (Å²) in [6.07, 6.45) is 0. The maximum atomic E-state index is 13.1. The van der Waals surface area contributed by atoms with E-state index in [0.29, 0.717) is 16.9 Å². The molecule has 0 aromatic heterocycles. The van der Waals surface area contributed by atoms with Crippen molar-refractivity contribution >= 4 is 43.0 Å². The molecular formula is C28H26FN3O5S2. The van der Waals surface area contributed by atoms with Gasteiger partial charge >= 0.3 is 0 Å². The quantitative estimate of drug-likeness (QED) is 0.256. The van der Waals surface area contributed by atoms with E-state index in [-0.39, 0.29) is 21.0 Å². The largest absolute Gasteiger partial charge is 0.322 e. The molecule has 0 heterocycles. The van der Waals surface area contributed by atoms with Gasteiger partial charge in [-0.25, -0.2) is 21.2 Å². The van der Waals surface area contributed by atoms with E-state index in [0.717, 1.165) is 23.3 Å². The van der Waals surface area contributed by atoms with Crippen molar-refractivity contribution in [2.45, 2.75) is 30.6 Å². The van der Waals surface area contributed by atoms with Crippen molar-refractivity contribution in [1.82, 2.24) is 0 Å². The Labute approximate surface area is 227 Å². The molecule has 202 valence electrons. The third kappa shape index (κ3) is 6.62. The summed E-state index contributed by atoms with van der Waals surface area (Å²) < 4.78 is 69.6. The molecule has 0 aliphatic rings. The van der Waals surface area contributed by atoms with Crippen LogP contribution >= 0.6 is 0 Å². The third-order valence-corrected chi connectivity index (χ3v) is 8.79. The van der Waals surface area contributed by atoms with Crippen molar-refractivity contribution in [3.8, 4) is 0 Å². The van der Waals surface area contributed by atoms with E-state index in [1.807, 2.05) is 13.0 Å². The van der Waals surface area contributed by atoms with Gasteiger partial charge in [0.15, 0.2) is 0 Å². The highest BCUT2D eigenvalue weighted by Gasteiger charge is 2.21. The molecule has 0 atom stereocenters. The lowest BCUT2D eigenvalue weighted by molar-refractivity contribution is 0.102. The van der Waals surface area contributed by atoms with Gasteiger partial charge in [0.25, 0.3) is 26.0 Å². The maximum Gasteiger partial charge on any atom is 0.262 e. The number of benzene rings is 4. The first kappa shape index (κ1) is 27.8. The summed E-state index contributed by atoms with van der Waals surface area (Å²) in [6.45, 7) is 5.35. The van der Waals surface area contributed by atoms with E-state index in [1.54, 1.807) is 32.0 Å². The third-order valence-electron chi connectivity index (χ3n) is 5.89. The summed E-state index contributed by atoms with van der Waals surface area (Å²) in [5.74, 6) is -1.06. The van der Waals surface area contributed by atoms with E-state index >= 15 is 0 Å². The number of carbonyl (C=O) groups excluding carboxylic acids is 1. The van der Waals surface area contributed by atoms with Crippen molar-refractivity contribution in [1.29, 1.82) is 0 Å². The van der Waals surface area contributed by atoms with Gasteiger partial charge in [0, 0.05) is 16.9 Å². The molecule has 4 rings (SSSR count). The minimum atomic E-state index is -3.98. The van der Waals surface area contributed by atoms with Gasteiger partial charge in [0.05, 0.1) is 15.5 Å². The number of amides is 1. The Morgan fingerprint density at radius 1 is 0.667 bits per heavy atom. The molecule has 0 fully saturated rings. The molecule has 0 spiro atoms. The van der Waals surface area contributed by atoms with Crippen LogP contribution in [-0.2, 0) is 20.0 Å². The van der Waals surface area contributed by atoms with Gasteiger partial charge in [-0.3, -0.25) is 14.2 Å².